The van der Waals surface area contributed by atoms with Gasteiger partial charge in [0.15, 0.2) is 0 Å². The first-order valence-electron chi connectivity index (χ1n) is 21.6. The third-order valence-corrected chi connectivity index (χ3v) is 11.3. The smallest absolute Gasteiger partial charge is 0.507 e. The van der Waals surface area contributed by atoms with E-state index in [1.165, 1.54) is 22.3 Å². The van der Waals surface area contributed by atoms with Gasteiger partial charge in [-0.25, -0.2) is 0 Å². The number of aromatic hydroxyl groups is 2. The van der Waals surface area contributed by atoms with E-state index in [-0.39, 0.29) is 53.8 Å². The fraction of sp³-hybridized carbons (Fsp3) is 0.310. The Labute approximate surface area is 393 Å². The van der Waals surface area contributed by atoms with E-state index in [1.807, 2.05) is 60.7 Å². The molecule has 1 aliphatic rings. The predicted molar refractivity (Wildman–Crippen MR) is 263 cm³/mol. The molecule has 1 atom stereocenters. The topological polar surface area (TPSA) is 52.5 Å². The molecule has 0 aromatic heterocycles. The normalized spacial score (nSPS) is 13.7. The first-order chi connectivity index (χ1) is 28.4. The van der Waals surface area contributed by atoms with Crippen LogP contribution in [-0.4, -0.2) is 10.2 Å². The number of hydrogen-bond acceptors (Lipinski definition) is 3. The molecule has 0 fully saturated rings. The first-order valence-corrected chi connectivity index (χ1v) is 21.6. The molecule has 7 rings (SSSR count). The number of phenols is 2. The molecule has 0 saturated carbocycles. The number of nitrogens with one attached hydrogen (secondary N) is 1. The fourth-order valence-electron chi connectivity index (χ4n) is 7.55. The van der Waals surface area contributed by atoms with E-state index in [4.69, 9.17) is 0 Å². The van der Waals surface area contributed by atoms with Gasteiger partial charge in [-0.15, -0.1) is 24.3 Å². The summed E-state index contributed by atoms with van der Waals surface area (Å²) in [5.74, 6) is 0.689. The Morgan fingerprint density at radius 1 is 0.484 bits per heavy atom. The molecule has 4 heteroatoms. The van der Waals surface area contributed by atoms with Crippen LogP contribution < -0.4 is 5.32 Å². The summed E-state index contributed by atoms with van der Waals surface area (Å²) < 4.78 is 0. The Morgan fingerprint density at radius 2 is 0.903 bits per heavy atom. The molecule has 6 aromatic rings. The Morgan fingerprint density at radius 3 is 1.31 bits per heavy atom. The molecule has 1 aliphatic heterocycles. The Bertz CT molecular complexity index is 2380. The van der Waals surface area contributed by atoms with Gasteiger partial charge in [-0.3, -0.25) is 0 Å². The summed E-state index contributed by atoms with van der Waals surface area (Å²) >= 11 is 0. The minimum atomic E-state index is -0.246. The maximum absolute atomic E-state index is 12.0. The van der Waals surface area contributed by atoms with Gasteiger partial charge in [-0.2, -0.15) is 49.2 Å². The minimum Gasteiger partial charge on any atom is -0.507 e. The SMILES string of the molecule is CC(C)(C)c1cc(C2=CC(Cc3ccccc3)c3cccc(-c4cc(C(C)(C)C)cc(C(C)(C)C)c4O)c3N2)c(O)c(C(C)(C)C)c1.[CH2-]c1ccccc1.[CH2-]c1ccccc1.[Zr+3]. The maximum Gasteiger partial charge on any atom is 3.00 e. The number of rotatable bonds is 4. The van der Waals surface area contributed by atoms with Gasteiger partial charge in [0.25, 0.3) is 0 Å². The number of allylic oxidation sites excluding steroid dienone is 1. The van der Waals surface area contributed by atoms with Gasteiger partial charge in [-0.1, -0.05) is 162 Å². The predicted octanol–water partition coefficient (Wildman–Crippen LogP) is 15.5. The molecular weight excluding hydrogens is 834 g/mol. The van der Waals surface area contributed by atoms with Gasteiger partial charge in [-0.05, 0) is 62.5 Å². The van der Waals surface area contributed by atoms with Crippen LogP contribution in [0, 0.1) is 13.8 Å². The molecule has 1 unspecified atom stereocenters. The molecule has 3 nitrogen and oxygen atoms in total. The number of hydrogen-bond donors (Lipinski definition) is 3. The maximum atomic E-state index is 12.0. The molecule has 1 heterocycles. The van der Waals surface area contributed by atoms with Gasteiger partial charge < -0.3 is 15.5 Å². The quantitative estimate of drug-likeness (QED) is 0.155. The zero-order valence-electron chi connectivity index (χ0n) is 39.4. The second kappa shape index (κ2) is 20.1. The van der Waals surface area contributed by atoms with Gasteiger partial charge >= 0.3 is 26.2 Å². The van der Waals surface area contributed by atoms with Crippen LogP contribution >= 0.6 is 0 Å². The van der Waals surface area contributed by atoms with E-state index in [9.17, 15) is 10.2 Å². The molecule has 3 N–H and O–H groups in total. The van der Waals surface area contributed by atoms with Crippen LogP contribution in [0.5, 0.6) is 11.5 Å². The monoisotopic (exact) mass is 901 g/mol. The number of phenolic OH excluding ortho intramolecular Hbond substituents is 2. The number of fused-ring (bicyclic) bond motifs is 1. The van der Waals surface area contributed by atoms with Crippen molar-refractivity contribution in [3.05, 3.63) is 203 Å². The van der Waals surface area contributed by atoms with Crippen LogP contribution in [0.15, 0.2) is 140 Å². The molecule has 0 aliphatic carbocycles. The van der Waals surface area contributed by atoms with E-state index < -0.39 is 0 Å². The first kappa shape index (κ1) is 49.7. The summed E-state index contributed by atoms with van der Waals surface area (Å²) in [5, 5.41) is 27.7. The minimum absolute atomic E-state index is 0. The number of benzene rings is 6. The molecule has 62 heavy (non-hydrogen) atoms. The second-order valence-corrected chi connectivity index (χ2v) is 20.6. The molecule has 321 valence electrons. The largest absolute Gasteiger partial charge is 3.00 e. The summed E-state index contributed by atoms with van der Waals surface area (Å²) in [5.41, 5.74) is 12.6. The van der Waals surface area contributed by atoms with Crippen molar-refractivity contribution in [2.24, 2.45) is 0 Å². The summed E-state index contributed by atoms with van der Waals surface area (Å²) in [6, 6.07) is 45.5. The molecular formula is C58H69NO2Zr+. The standard InChI is InChI=1S/C44H55NO2.2C7H7.Zr/c1-41(2,3)29-23-33(39(46)35(25-29)43(7,8)9)32-20-16-19-31-28(21-27-17-14-13-15-18-27)22-37(45-38(31)32)34-24-30(42(4,5)6)26-36(40(34)47)44(10,11)12;2*1-7-5-3-2-4-6-7;/h13-20,22-26,28,45-47H,21H2,1-12H3;2*2-6H,1H2;/q;2*-1;+3. The summed E-state index contributed by atoms with van der Waals surface area (Å²) in [6.07, 6.45) is 3.11. The Balaban J connectivity index is 0.000000475. The average molecular weight is 903 g/mol. The van der Waals surface area contributed by atoms with Crippen LogP contribution in [-0.2, 0) is 54.3 Å². The molecule has 1 radical (unpaired) electrons. The second-order valence-electron chi connectivity index (χ2n) is 20.6. The van der Waals surface area contributed by atoms with E-state index in [2.05, 4.69) is 181 Å². The zero-order chi connectivity index (χ0) is 44.9. The van der Waals surface area contributed by atoms with Gasteiger partial charge in [0.05, 0.1) is 5.69 Å². The third-order valence-electron chi connectivity index (χ3n) is 11.3. The summed E-state index contributed by atoms with van der Waals surface area (Å²) in [6.45, 7) is 33.7. The van der Waals surface area contributed by atoms with E-state index in [1.54, 1.807) is 0 Å². The van der Waals surface area contributed by atoms with Crippen LogP contribution in [0.25, 0.3) is 16.8 Å². The van der Waals surface area contributed by atoms with Crippen LogP contribution in [0.1, 0.15) is 139 Å². The van der Waals surface area contributed by atoms with Crippen molar-refractivity contribution < 1.29 is 36.4 Å². The third kappa shape index (κ3) is 12.6. The number of anilines is 1. The average Bonchev–Trinajstić information content (AvgIpc) is 3.17. The van der Waals surface area contributed by atoms with Crippen molar-refractivity contribution in [3.63, 3.8) is 0 Å². The zero-order valence-corrected chi connectivity index (χ0v) is 41.8. The Hall–Kier alpha value is -4.92. The van der Waals surface area contributed by atoms with Crippen LogP contribution in [0.4, 0.5) is 5.69 Å². The van der Waals surface area contributed by atoms with E-state index in [0.717, 1.165) is 56.7 Å². The van der Waals surface area contributed by atoms with Crippen LogP contribution in [0.2, 0.25) is 0 Å². The Kier molecular flexibility index (Phi) is 16.1. The molecule has 0 amide bonds. The van der Waals surface area contributed by atoms with Crippen molar-refractivity contribution in [3.8, 4) is 22.6 Å². The fourth-order valence-corrected chi connectivity index (χ4v) is 7.55. The van der Waals surface area contributed by atoms with Crippen molar-refractivity contribution in [2.45, 2.75) is 117 Å². The molecule has 6 aromatic carbocycles. The number of para-hydroxylation sites is 1. The van der Waals surface area contributed by atoms with Crippen molar-refractivity contribution in [1.82, 2.24) is 0 Å². The van der Waals surface area contributed by atoms with Gasteiger partial charge in [0, 0.05) is 39.4 Å². The van der Waals surface area contributed by atoms with Gasteiger partial charge in [0.1, 0.15) is 11.5 Å². The van der Waals surface area contributed by atoms with Crippen molar-refractivity contribution in [1.29, 1.82) is 0 Å². The molecule has 0 bridgehead atoms. The van der Waals surface area contributed by atoms with E-state index in [0.29, 0.717) is 11.5 Å². The van der Waals surface area contributed by atoms with E-state index >= 15 is 0 Å². The summed E-state index contributed by atoms with van der Waals surface area (Å²) in [7, 11) is 0. The summed E-state index contributed by atoms with van der Waals surface area (Å²) in [4.78, 5) is 0. The molecule has 0 saturated heterocycles. The van der Waals surface area contributed by atoms with Crippen LogP contribution in [0.3, 0.4) is 0 Å². The van der Waals surface area contributed by atoms with Gasteiger partial charge in [0.2, 0.25) is 0 Å². The molecule has 0 spiro atoms. The van der Waals surface area contributed by atoms with Crippen molar-refractivity contribution in [2.75, 3.05) is 5.32 Å². The van der Waals surface area contributed by atoms with Crippen molar-refractivity contribution >= 4 is 11.4 Å².